The van der Waals surface area contributed by atoms with Crippen LogP contribution in [-0.2, 0) is 24.3 Å². The number of hydrogen-bond acceptors (Lipinski definition) is 4. The monoisotopic (exact) mass is 343 g/mol. The summed E-state index contributed by atoms with van der Waals surface area (Å²) in [6.45, 7) is 3.60. The van der Waals surface area contributed by atoms with E-state index < -0.39 is 0 Å². The van der Waals surface area contributed by atoms with Gasteiger partial charge in [-0.05, 0) is 55.8 Å². The van der Waals surface area contributed by atoms with Gasteiger partial charge in [0.2, 0.25) is 0 Å². The molecule has 0 radical (unpaired) electrons. The van der Waals surface area contributed by atoms with Gasteiger partial charge in [-0.3, -0.25) is 4.90 Å². The second-order valence-corrected chi connectivity index (χ2v) is 6.85. The lowest BCUT2D eigenvalue weighted by molar-refractivity contribution is 0.161. The van der Waals surface area contributed by atoms with E-state index in [4.69, 9.17) is 4.74 Å². The highest BCUT2D eigenvalue weighted by Gasteiger charge is 2.20. The van der Waals surface area contributed by atoms with Crippen LogP contribution in [0.2, 0.25) is 0 Å². The third-order valence-corrected chi connectivity index (χ3v) is 4.80. The van der Waals surface area contributed by atoms with Crippen LogP contribution in [0.4, 0.5) is 4.39 Å². The molecule has 0 spiro atoms. The quantitative estimate of drug-likeness (QED) is 0.770. The van der Waals surface area contributed by atoms with Crippen molar-refractivity contribution in [1.29, 1.82) is 0 Å². The summed E-state index contributed by atoms with van der Waals surface area (Å²) in [5, 5.41) is 0. The topological polar surface area (TPSA) is 38.2 Å². The van der Waals surface area contributed by atoms with Gasteiger partial charge in [-0.1, -0.05) is 12.1 Å². The van der Waals surface area contributed by atoms with E-state index in [1.165, 1.54) is 18.4 Å². The number of piperidine rings is 1. The largest absolute Gasteiger partial charge is 0.377 e. The summed E-state index contributed by atoms with van der Waals surface area (Å²) >= 11 is 0. The summed E-state index contributed by atoms with van der Waals surface area (Å²) < 4.78 is 18.0. The van der Waals surface area contributed by atoms with Crippen LogP contribution >= 0.6 is 0 Å². The Bertz CT molecular complexity index is 645. The number of likely N-dealkylation sites (tertiary alicyclic amines) is 1. The fourth-order valence-electron chi connectivity index (χ4n) is 3.48. The minimum Gasteiger partial charge on any atom is -0.377 e. The number of benzene rings is 1. The van der Waals surface area contributed by atoms with E-state index >= 15 is 0 Å². The van der Waals surface area contributed by atoms with Crippen LogP contribution in [0.5, 0.6) is 0 Å². The van der Waals surface area contributed by atoms with Crippen molar-refractivity contribution in [2.45, 2.75) is 38.8 Å². The molecule has 0 aliphatic carbocycles. The molecule has 5 heteroatoms. The van der Waals surface area contributed by atoms with E-state index in [1.807, 2.05) is 24.5 Å². The van der Waals surface area contributed by atoms with Crippen LogP contribution in [0, 0.1) is 11.7 Å². The number of nitrogens with zero attached hydrogens (tertiary/aromatic N) is 3. The molecule has 1 aliphatic heterocycles. The first-order valence-corrected chi connectivity index (χ1v) is 8.98. The summed E-state index contributed by atoms with van der Waals surface area (Å²) in [7, 11) is 1.65. The Kier molecular flexibility index (Phi) is 6.48. The maximum atomic E-state index is 13.0. The maximum Gasteiger partial charge on any atom is 0.153 e. The maximum absolute atomic E-state index is 13.0. The predicted octanol–water partition coefficient (Wildman–Crippen LogP) is 3.61. The van der Waals surface area contributed by atoms with Crippen LogP contribution in [0.15, 0.2) is 36.7 Å². The summed E-state index contributed by atoms with van der Waals surface area (Å²) in [6.07, 6.45) is 8.50. The Labute approximate surface area is 149 Å². The molecular formula is C20H26FN3O. The van der Waals surface area contributed by atoms with Crippen molar-refractivity contribution in [3.63, 3.8) is 0 Å². The molecule has 0 N–H and O–H groups in total. The van der Waals surface area contributed by atoms with Crippen LogP contribution in [0.3, 0.4) is 0 Å². The summed E-state index contributed by atoms with van der Waals surface area (Å²) in [6, 6.07) is 6.90. The molecule has 1 fully saturated rings. The molecule has 2 aromatic rings. The molecule has 0 amide bonds. The van der Waals surface area contributed by atoms with Crippen molar-refractivity contribution in [2.75, 3.05) is 20.2 Å². The zero-order chi connectivity index (χ0) is 17.5. The second-order valence-electron chi connectivity index (χ2n) is 6.85. The molecule has 0 unspecified atom stereocenters. The molecule has 1 saturated heterocycles. The fourth-order valence-corrected chi connectivity index (χ4v) is 3.48. The van der Waals surface area contributed by atoms with E-state index in [0.29, 0.717) is 12.5 Å². The van der Waals surface area contributed by atoms with E-state index in [9.17, 15) is 4.39 Å². The molecule has 134 valence electrons. The van der Waals surface area contributed by atoms with Crippen molar-refractivity contribution >= 4 is 0 Å². The Hall–Kier alpha value is -1.85. The highest BCUT2D eigenvalue weighted by Crippen LogP contribution is 2.23. The van der Waals surface area contributed by atoms with Crippen molar-refractivity contribution in [1.82, 2.24) is 14.9 Å². The number of aromatic nitrogens is 2. The zero-order valence-electron chi connectivity index (χ0n) is 14.8. The van der Waals surface area contributed by atoms with Crippen molar-refractivity contribution in [3.8, 4) is 0 Å². The SMILES string of the molecule is COCc1ncc(CN2CCC[C@H](CCc3ccc(F)cc3)C2)cn1. The first kappa shape index (κ1) is 18.0. The van der Waals surface area contributed by atoms with Crippen molar-refractivity contribution in [3.05, 3.63) is 59.4 Å². The first-order chi connectivity index (χ1) is 12.2. The third-order valence-electron chi connectivity index (χ3n) is 4.80. The molecule has 1 atom stereocenters. The normalized spacial score (nSPS) is 18.4. The molecule has 0 bridgehead atoms. The second kappa shape index (κ2) is 9.02. The van der Waals surface area contributed by atoms with E-state index in [-0.39, 0.29) is 5.82 Å². The molecule has 3 rings (SSSR count). The Balaban J connectivity index is 1.48. The van der Waals surface area contributed by atoms with Gasteiger partial charge < -0.3 is 4.74 Å². The molecule has 1 aliphatic rings. The van der Waals surface area contributed by atoms with Gasteiger partial charge in [0.05, 0.1) is 0 Å². The Morgan fingerprint density at radius 1 is 1.16 bits per heavy atom. The molecule has 1 aromatic carbocycles. The Morgan fingerprint density at radius 3 is 2.64 bits per heavy atom. The first-order valence-electron chi connectivity index (χ1n) is 8.98. The molecule has 4 nitrogen and oxygen atoms in total. The highest BCUT2D eigenvalue weighted by atomic mass is 19.1. The minimum absolute atomic E-state index is 0.161. The molecule has 1 aromatic heterocycles. The van der Waals surface area contributed by atoms with Gasteiger partial charge in [0.25, 0.3) is 0 Å². The van der Waals surface area contributed by atoms with Crippen LogP contribution in [0.25, 0.3) is 0 Å². The summed E-state index contributed by atoms with van der Waals surface area (Å²) in [4.78, 5) is 11.2. The molecule has 25 heavy (non-hydrogen) atoms. The zero-order valence-corrected chi connectivity index (χ0v) is 14.8. The smallest absolute Gasteiger partial charge is 0.153 e. The van der Waals surface area contributed by atoms with E-state index in [0.717, 1.165) is 43.9 Å². The number of methoxy groups -OCH3 is 1. The summed E-state index contributed by atoms with van der Waals surface area (Å²) in [5.74, 6) is 1.26. The predicted molar refractivity (Wildman–Crippen MR) is 95.5 cm³/mol. The average Bonchev–Trinajstić information content (AvgIpc) is 2.64. The standard InChI is InChI=1S/C20H26FN3O/c1-25-15-20-22-11-18(12-23-20)14-24-10-2-3-17(13-24)5-4-16-6-8-19(21)9-7-16/h6-9,11-12,17H,2-5,10,13-15H2,1H3/t17-/m1/s1. The lowest BCUT2D eigenvalue weighted by Gasteiger charge is -2.32. The van der Waals surface area contributed by atoms with Gasteiger partial charge in [0.15, 0.2) is 5.82 Å². The van der Waals surface area contributed by atoms with Crippen molar-refractivity contribution in [2.24, 2.45) is 5.92 Å². The van der Waals surface area contributed by atoms with Crippen LogP contribution in [0.1, 0.15) is 36.2 Å². The van der Waals surface area contributed by atoms with Crippen LogP contribution in [-0.4, -0.2) is 35.1 Å². The Morgan fingerprint density at radius 2 is 1.92 bits per heavy atom. The molecule has 2 heterocycles. The molecule has 0 saturated carbocycles. The number of hydrogen-bond donors (Lipinski definition) is 0. The average molecular weight is 343 g/mol. The van der Waals surface area contributed by atoms with Gasteiger partial charge in [0, 0.05) is 38.2 Å². The lowest BCUT2D eigenvalue weighted by atomic mass is 9.91. The lowest BCUT2D eigenvalue weighted by Crippen LogP contribution is -2.35. The highest BCUT2D eigenvalue weighted by molar-refractivity contribution is 5.16. The van der Waals surface area contributed by atoms with Gasteiger partial charge >= 0.3 is 0 Å². The van der Waals surface area contributed by atoms with E-state index in [2.05, 4.69) is 14.9 Å². The van der Waals surface area contributed by atoms with Gasteiger partial charge in [-0.15, -0.1) is 0 Å². The third kappa shape index (κ3) is 5.58. The molecular weight excluding hydrogens is 317 g/mol. The fraction of sp³-hybridized carbons (Fsp3) is 0.500. The van der Waals surface area contributed by atoms with Gasteiger partial charge in [-0.25, -0.2) is 14.4 Å². The van der Waals surface area contributed by atoms with Gasteiger partial charge in [-0.2, -0.15) is 0 Å². The van der Waals surface area contributed by atoms with E-state index in [1.54, 1.807) is 19.2 Å². The number of halogens is 1. The van der Waals surface area contributed by atoms with Gasteiger partial charge in [0.1, 0.15) is 12.4 Å². The summed E-state index contributed by atoms with van der Waals surface area (Å²) in [5.41, 5.74) is 2.37. The number of aryl methyl sites for hydroxylation is 1. The number of ether oxygens (including phenoxy) is 1. The number of rotatable bonds is 7. The van der Waals surface area contributed by atoms with Crippen LogP contribution < -0.4 is 0 Å². The minimum atomic E-state index is -0.161. The van der Waals surface area contributed by atoms with Crippen molar-refractivity contribution < 1.29 is 9.13 Å².